The number of hydrogen-bond donors (Lipinski definition) is 1. The third-order valence-corrected chi connectivity index (χ3v) is 4.31. The molecule has 0 aliphatic carbocycles. The van der Waals surface area contributed by atoms with Gasteiger partial charge in [-0.1, -0.05) is 12.2 Å². The molecule has 1 amide bonds. The summed E-state index contributed by atoms with van der Waals surface area (Å²) >= 11 is 5.16. The number of β-lactam (4-membered cyclic amide) rings is 1. The van der Waals surface area contributed by atoms with Crippen LogP contribution >= 0.6 is 12.2 Å². The Kier molecular flexibility index (Phi) is 4.60. The predicted octanol–water partition coefficient (Wildman–Crippen LogP) is -4.00. The van der Waals surface area contributed by atoms with Crippen LogP contribution in [0.2, 0.25) is 0 Å². The molecule has 7 heteroatoms. The first-order valence-corrected chi connectivity index (χ1v) is 5.63. The van der Waals surface area contributed by atoms with Crippen molar-refractivity contribution in [1.29, 1.82) is 0 Å². The minimum Gasteiger partial charge on any atom is -0.543 e. The van der Waals surface area contributed by atoms with Crippen LogP contribution in [0.15, 0.2) is 11.3 Å². The van der Waals surface area contributed by atoms with Gasteiger partial charge < -0.3 is 19.9 Å². The summed E-state index contributed by atoms with van der Waals surface area (Å²) in [6.07, 6.45) is -0.886. The second-order valence-corrected chi connectivity index (χ2v) is 5.10. The maximum atomic E-state index is 12.0. The molecule has 1 saturated heterocycles. The van der Waals surface area contributed by atoms with Crippen LogP contribution in [0.5, 0.6) is 0 Å². The van der Waals surface area contributed by atoms with Crippen molar-refractivity contribution >= 4 is 29.0 Å². The molecule has 2 aliphatic rings. The Morgan fingerprint density at radius 1 is 1.61 bits per heavy atom. The molecule has 2 aliphatic heterocycles. The monoisotopic (exact) mass is 293 g/mol. The molecule has 0 bridgehead atoms. The fourth-order valence-corrected chi connectivity index (χ4v) is 2.92. The Morgan fingerprint density at radius 3 is 2.50 bits per heavy atom. The zero-order valence-electron chi connectivity index (χ0n) is 10.7. The van der Waals surface area contributed by atoms with Gasteiger partial charge in [-0.25, -0.2) is 0 Å². The van der Waals surface area contributed by atoms with Crippen LogP contribution in [0.3, 0.4) is 0 Å². The smallest absolute Gasteiger partial charge is 0.543 e. The van der Waals surface area contributed by atoms with Crippen molar-refractivity contribution in [1.82, 2.24) is 4.90 Å². The third kappa shape index (κ3) is 1.80. The molecule has 0 aromatic rings. The second kappa shape index (κ2) is 5.04. The molecule has 0 aromatic carbocycles. The summed E-state index contributed by atoms with van der Waals surface area (Å²) in [6, 6.07) is -0.544. The van der Waals surface area contributed by atoms with Gasteiger partial charge in [0, 0.05) is 4.86 Å². The summed E-state index contributed by atoms with van der Waals surface area (Å²) in [6.45, 7) is 4.66. The zero-order chi connectivity index (χ0) is 13.1. The van der Waals surface area contributed by atoms with Crippen molar-refractivity contribution in [2.75, 3.05) is 0 Å². The molecular weight excluding hydrogens is 281 g/mol. The van der Waals surface area contributed by atoms with Crippen LogP contribution in [0.25, 0.3) is 0 Å². The molecule has 2 heterocycles. The molecule has 92 valence electrons. The third-order valence-electron chi connectivity index (χ3n) is 3.78. The Morgan fingerprint density at radius 2 is 2.11 bits per heavy atom. The number of carboxylic acids is 1. The molecule has 3 atom stereocenters. The molecule has 0 radical (unpaired) electrons. The zero-order valence-corrected chi connectivity index (χ0v) is 14.6. The first-order valence-electron chi connectivity index (χ1n) is 5.22. The molecule has 1 N–H and O–H groups in total. The maximum Gasteiger partial charge on any atom is 1.00 e. The van der Waals surface area contributed by atoms with Crippen LogP contribution < -0.4 is 56.5 Å². The SMILES string of the molecule is CC1=C(C(=O)[O-])N2C(=O)[C@](C)([C@H](C)O)[C@H]2C1=S.[K+]. The number of thiocarbonyl (C=S) groups is 1. The largest absolute Gasteiger partial charge is 1.00 e. The average Bonchev–Trinajstić information content (AvgIpc) is 2.48. The van der Waals surface area contributed by atoms with E-state index < -0.39 is 29.4 Å². The van der Waals surface area contributed by atoms with Gasteiger partial charge in [0.25, 0.3) is 0 Å². The molecule has 0 unspecified atom stereocenters. The topological polar surface area (TPSA) is 80.7 Å². The molecule has 0 saturated carbocycles. The van der Waals surface area contributed by atoms with E-state index in [0.717, 1.165) is 4.90 Å². The van der Waals surface area contributed by atoms with Gasteiger partial charge in [-0.05, 0) is 26.3 Å². The van der Waals surface area contributed by atoms with E-state index in [1.165, 1.54) is 6.92 Å². The van der Waals surface area contributed by atoms with E-state index in [1.54, 1.807) is 13.8 Å². The summed E-state index contributed by atoms with van der Waals surface area (Å²) < 4.78 is 0. The normalized spacial score (nSPS) is 31.8. The van der Waals surface area contributed by atoms with E-state index in [0.29, 0.717) is 10.4 Å². The van der Waals surface area contributed by atoms with Crippen molar-refractivity contribution in [2.45, 2.75) is 32.9 Å². The van der Waals surface area contributed by atoms with Gasteiger partial charge in [-0.15, -0.1) is 0 Å². The average molecular weight is 293 g/mol. The van der Waals surface area contributed by atoms with E-state index in [-0.39, 0.29) is 57.1 Å². The number of rotatable bonds is 2. The van der Waals surface area contributed by atoms with Gasteiger partial charge in [0.05, 0.1) is 29.2 Å². The number of carbonyl (C=O) groups is 2. The summed E-state index contributed by atoms with van der Waals surface area (Å²) in [5, 5.41) is 20.7. The number of nitrogens with zero attached hydrogens (tertiary/aromatic N) is 1. The van der Waals surface area contributed by atoms with Gasteiger partial charge in [-0.3, -0.25) is 4.79 Å². The van der Waals surface area contributed by atoms with Crippen LogP contribution in [-0.2, 0) is 9.59 Å². The Balaban J connectivity index is 0.00000162. The standard InChI is InChI=1S/C11H13NO4S.K/c1-4-6(9(14)15)12-8(7(4)17)11(3,5(2)13)10(12)16;/h5,8,13H,1-3H3,(H,14,15);/q;+1/p-1/t5-,8+,11+;/m0./s1. The van der Waals surface area contributed by atoms with Gasteiger partial charge in [0.2, 0.25) is 5.91 Å². The van der Waals surface area contributed by atoms with Gasteiger partial charge in [0.15, 0.2) is 0 Å². The van der Waals surface area contributed by atoms with Crippen LogP contribution in [-0.4, -0.2) is 38.9 Å². The van der Waals surface area contributed by atoms with Crippen molar-refractivity contribution in [3.05, 3.63) is 11.3 Å². The van der Waals surface area contributed by atoms with E-state index in [4.69, 9.17) is 12.2 Å². The summed E-state index contributed by atoms with van der Waals surface area (Å²) in [5.74, 6) is -1.83. The number of aliphatic hydroxyl groups is 1. The Bertz CT molecular complexity index is 487. The van der Waals surface area contributed by atoms with E-state index in [2.05, 4.69) is 0 Å². The number of hydrogen-bond acceptors (Lipinski definition) is 5. The summed E-state index contributed by atoms with van der Waals surface area (Å²) in [4.78, 5) is 24.5. The second-order valence-electron chi connectivity index (χ2n) is 4.66. The fraction of sp³-hybridized carbons (Fsp3) is 0.545. The van der Waals surface area contributed by atoms with Crippen molar-refractivity contribution in [2.24, 2.45) is 5.41 Å². The minimum absolute atomic E-state index is 0. The molecule has 1 fully saturated rings. The number of aliphatic hydroxyl groups excluding tert-OH is 1. The molecular formula is C11H12KNO4S. The molecule has 0 aromatic heterocycles. The maximum absolute atomic E-state index is 12.0. The summed E-state index contributed by atoms with van der Waals surface area (Å²) in [5.41, 5.74) is -0.818. The molecule has 5 nitrogen and oxygen atoms in total. The first kappa shape index (κ1) is 16.4. The molecule has 0 spiro atoms. The van der Waals surface area contributed by atoms with Gasteiger partial charge >= 0.3 is 51.4 Å². The van der Waals surface area contributed by atoms with Crippen LogP contribution in [0, 0.1) is 5.41 Å². The number of aliphatic carboxylic acids is 1. The van der Waals surface area contributed by atoms with Gasteiger partial charge in [-0.2, -0.15) is 0 Å². The first-order chi connectivity index (χ1) is 7.74. The van der Waals surface area contributed by atoms with E-state index >= 15 is 0 Å². The van der Waals surface area contributed by atoms with E-state index in [9.17, 15) is 19.8 Å². The number of carbonyl (C=O) groups excluding carboxylic acids is 2. The van der Waals surface area contributed by atoms with Crippen LogP contribution in [0.1, 0.15) is 20.8 Å². The quantitative estimate of drug-likeness (QED) is 0.319. The van der Waals surface area contributed by atoms with Crippen molar-refractivity contribution < 1.29 is 71.2 Å². The predicted molar refractivity (Wildman–Crippen MR) is 60.7 cm³/mol. The van der Waals surface area contributed by atoms with Crippen molar-refractivity contribution in [3.8, 4) is 0 Å². The van der Waals surface area contributed by atoms with Crippen LogP contribution in [0.4, 0.5) is 0 Å². The Labute approximate surface area is 153 Å². The molecule has 18 heavy (non-hydrogen) atoms. The fourth-order valence-electron chi connectivity index (χ4n) is 2.48. The van der Waals surface area contributed by atoms with E-state index in [1.807, 2.05) is 0 Å². The van der Waals surface area contributed by atoms with Gasteiger partial charge in [0.1, 0.15) is 0 Å². The number of amides is 1. The number of carboxylic acid groups (broad SMARTS) is 1. The van der Waals surface area contributed by atoms with Crippen molar-refractivity contribution in [3.63, 3.8) is 0 Å². The number of fused-ring (bicyclic) bond motifs is 1. The Hall–Kier alpha value is 0.366. The summed E-state index contributed by atoms with van der Waals surface area (Å²) in [7, 11) is 0. The minimum atomic E-state index is -1.41. The molecule has 2 rings (SSSR count).